The van der Waals surface area contributed by atoms with Crippen LogP contribution in [0.2, 0.25) is 0 Å². The normalized spacial score (nSPS) is 20.5. The molecule has 1 aliphatic heterocycles. The predicted molar refractivity (Wildman–Crippen MR) is 60.6 cm³/mol. The minimum absolute atomic E-state index is 0.256. The topological polar surface area (TPSA) is 21.3 Å². The maximum absolute atomic E-state index is 12.8. The first kappa shape index (κ1) is 10.9. The van der Waals surface area contributed by atoms with Gasteiger partial charge in [-0.05, 0) is 53.5 Å². The van der Waals surface area contributed by atoms with Gasteiger partial charge in [-0.25, -0.2) is 4.39 Å². The van der Waals surface area contributed by atoms with Crippen LogP contribution in [0.3, 0.4) is 0 Å². The van der Waals surface area contributed by atoms with Crippen molar-refractivity contribution in [1.82, 2.24) is 5.32 Å². The molecule has 0 bridgehead atoms. The van der Waals surface area contributed by atoms with Gasteiger partial charge in [0.05, 0.1) is 4.47 Å². The molecule has 1 aromatic rings. The van der Waals surface area contributed by atoms with Crippen molar-refractivity contribution < 1.29 is 9.13 Å². The number of rotatable bonds is 3. The van der Waals surface area contributed by atoms with Gasteiger partial charge in [-0.2, -0.15) is 0 Å². The van der Waals surface area contributed by atoms with E-state index in [1.165, 1.54) is 18.6 Å². The third kappa shape index (κ3) is 2.92. The molecule has 0 aliphatic carbocycles. The Morgan fingerprint density at radius 1 is 1.53 bits per heavy atom. The number of nitrogens with one attached hydrogen (secondary N) is 1. The van der Waals surface area contributed by atoms with E-state index in [-0.39, 0.29) is 5.82 Å². The maximum Gasteiger partial charge on any atom is 0.133 e. The molecule has 0 spiro atoms. The molecule has 2 nitrogen and oxygen atoms in total. The second-order valence-electron chi connectivity index (χ2n) is 3.68. The molecule has 1 N–H and O–H groups in total. The number of hydrogen-bond donors (Lipinski definition) is 1. The molecule has 4 heteroatoms. The van der Waals surface area contributed by atoms with Gasteiger partial charge in [0.25, 0.3) is 0 Å². The Morgan fingerprint density at radius 2 is 2.40 bits per heavy atom. The largest absolute Gasteiger partial charge is 0.491 e. The molecule has 1 saturated heterocycles. The highest BCUT2D eigenvalue weighted by molar-refractivity contribution is 9.10. The van der Waals surface area contributed by atoms with Crippen molar-refractivity contribution in [2.45, 2.75) is 18.9 Å². The highest BCUT2D eigenvalue weighted by Gasteiger charge is 2.14. The van der Waals surface area contributed by atoms with Crippen molar-refractivity contribution in [3.8, 4) is 5.75 Å². The van der Waals surface area contributed by atoms with Crippen molar-refractivity contribution in [3.05, 3.63) is 28.5 Å². The monoisotopic (exact) mass is 273 g/mol. The van der Waals surface area contributed by atoms with E-state index in [9.17, 15) is 4.39 Å². The Balaban J connectivity index is 1.92. The number of hydrogen-bond acceptors (Lipinski definition) is 2. The molecule has 0 amide bonds. The Morgan fingerprint density at radius 3 is 3.07 bits per heavy atom. The average Bonchev–Trinajstić information content (AvgIpc) is 2.69. The van der Waals surface area contributed by atoms with Gasteiger partial charge in [0.15, 0.2) is 0 Å². The fraction of sp³-hybridized carbons (Fsp3) is 0.455. The van der Waals surface area contributed by atoms with Crippen LogP contribution in [-0.2, 0) is 0 Å². The molecular formula is C11H13BrFNO. The second kappa shape index (κ2) is 4.94. The van der Waals surface area contributed by atoms with E-state index in [1.807, 2.05) is 0 Å². The lowest BCUT2D eigenvalue weighted by molar-refractivity contribution is 0.275. The Bertz CT molecular complexity index is 339. The molecule has 2 rings (SSSR count). The summed E-state index contributed by atoms with van der Waals surface area (Å²) in [4.78, 5) is 0. The van der Waals surface area contributed by atoms with Crippen molar-refractivity contribution in [2.24, 2.45) is 0 Å². The highest BCUT2D eigenvalue weighted by atomic mass is 79.9. The first-order valence-electron chi connectivity index (χ1n) is 5.07. The molecule has 15 heavy (non-hydrogen) atoms. The summed E-state index contributed by atoms with van der Waals surface area (Å²) in [5, 5.41) is 3.34. The van der Waals surface area contributed by atoms with E-state index < -0.39 is 0 Å². The quantitative estimate of drug-likeness (QED) is 0.915. The fourth-order valence-corrected chi connectivity index (χ4v) is 2.15. The molecule has 0 aromatic heterocycles. The summed E-state index contributed by atoms with van der Waals surface area (Å²) in [6, 6.07) is 4.90. The van der Waals surface area contributed by atoms with E-state index in [0.29, 0.717) is 22.9 Å². The second-order valence-corrected chi connectivity index (χ2v) is 4.53. The number of benzene rings is 1. The summed E-state index contributed by atoms with van der Waals surface area (Å²) in [6.07, 6.45) is 2.36. The molecule has 1 atom stereocenters. The molecule has 82 valence electrons. The first-order valence-corrected chi connectivity index (χ1v) is 5.86. The van der Waals surface area contributed by atoms with Crippen molar-refractivity contribution in [2.75, 3.05) is 13.2 Å². The number of ether oxygens (including phenoxy) is 1. The van der Waals surface area contributed by atoms with Crippen LogP contribution >= 0.6 is 15.9 Å². The van der Waals surface area contributed by atoms with Crippen LogP contribution in [0.4, 0.5) is 4.39 Å². The highest BCUT2D eigenvalue weighted by Crippen LogP contribution is 2.25. The summed E-state index contributed by atoms with van der Waals surface area (Å²) >= 11 is 3.27. The third-order valence-electron chi connectivity index (χ3n) is 2.50. The molecule has 0 radical (unpaired) electrons. The maximum atomic E-state index is 12.8. The lowest BCUT2D eigenvalue weighted by atomic mass is 10.2. The van der Waals surface area contributed by atoms with Crippen LogP contribution in [0.5, 0.6) is 5.75 Å². The van der Waals surface area contributed by atoms with Crippen LogP contribution in [0.1, 0.15) is 12.8 Å². The van der Waals surface area contributed by atoms with Crippen molar-refractivity contribution >= 4 is 15.9 Å². The SMILES string of the molecule is Fc1ccc(OC[C@H]2CCCN2)c(Br)c1. The van der Waals surface area contributed by atoms with Gasteiger partial charge >= 0.3 is 0 Å². The van der Waals surface area contributed by atoms with Gasteiger partial charge < -0.3 is 10.1 Å². The van der Waals surface area contributed by atoms with E-state index in [4.69, 9.17) is 4.74 Å². The Hall–Kier alpha value is -0.610. The van der Waals surface area contributed by atoms with Gasteiger partial charge in [0.2, 0.25) is 0 Å². The minimum Gasteiger partial charge on any atom is -0.491 e. The van der Waals surface area contributed by atoms with E-state index in [0.717, 1.165) is 13.0 Å². The van der Waals surface area contributed by atoms with E-state index in [2.05, 4.69) is 21.2 Å². The summed E-state index contributed by atoms with van der Waals surface area (Å²) in [7, 11) is 0. The molecule has 0 saturated carbocycles. The van der Waals surface area contributed by atoms with E-state index >= 15 is 0 Å². The summed E-state index contributed by atoms with van der Waals surface area (Å²) in [5.74, 6) is 0.443. The summed E-state index contributed by atoms with van der Waals surface area (Å²) < 4.78 is 19.1. The molecular weight excluding hydrogens is 261 g/mol. The molecule has 0 unspecified atom stereocenters. The number of halogens is 2. The minimum atomic E-state index is -0.256. The summed E-state index contributed by atoms with van der Waals surface area (Å²) in [5.41, 5.74) is 0. The Labute approximate surface area is 96.9 Å². The van der Waals surface area contributed by atoms with Gasteiger partial charge in [0.1, 0.15) is 18.2 Å². The van der Waals surface area contributed by atoms with E-state index in [1.54, 1.807) is 6.07 Å². The van der Waals surface area contributed by atoms with Crippen LogP contribution in [0.25, 0.3) is 0 Å². The molecule has 1 aromatic carbocycles. The first-order chi connectivity index (χ1) is 7.25. The van der Waals surface area contributed by atoms with Crippen LogP contribution in [0.15, 0.2) is 22.7 Å². The Kier molecular flexibility index (Phi) is 3.59. The van der Waals surface area contributed by atoms with Crippen LogP contribution in [-0.4, -0.2) is 19.2 Å². The van der Waals surface area contributed by atoms with Crippen molar-refractivity contribution in [3.63, 3.8) is 0 Å². The zero-order chi connectivity index (χ0) is 10.7. The molecule has 1 fully saturated rings. The van der Waals surface area contributed by atoms with Gasteiger partial charge in [-0.3, -0.25) is 0 Å². The van der Waals surface area contributed by atoms with Crippen molar-refractivity contribution in [1.29, 1.82) is 0 Å². The summed E-state index contributed by atoms with van der Waals surface area (Å²) in [6.45, 7) is 1.71. The average molecular weight is 274 g/mol. The lowest BCUT2D eigenvalue weighted by Gasteiger charge is -2.13. The standard InChI is InChI=1S/C11H13BrFNO/c12-10-6-8(13)3-4-11(10)15-7-9-2-1-5-14-9/h3-4,6,9,14H,1-2,5,7H2/t9-/m1/s1. The van der Waals surface area contributed by atoms with Crippen LogP contribution < -0.4 is 10.1 Å². The fourth-order valence-electron chi connectivity index (χ4n) is 1.68. The molecule has 1 aliphatic rings. The molecule has 1 heterocycles. The zero-order valence-corrected chi connectivity index (χ0v) is 9.89. The third-order valence-corrected chi connectivity index (χ3v) is 3.12. The van der Waals surface area contributed by atoms with Gasteiger partial charge in [-0.1, -0.05) is 0 Å². The predicted octanol–water partition coefficient (Wildman–Crippen LogP) is 2.72. The van der Waals surface area contributed by atoms with Gasteiger partial charge in [-0.15, -0.1) is 0 Å². The zero-order valence-electron chi connectivity index (χ0n) is 8.30. The van der Waals surface area contributed by atoms with Gasteiger partial charge in [0, 0.05) is 6.04 Å². The van der Waals surface area contributed by atoms with Crippen LogP contribution in [0, 0.1) is 5.82 Å². The smallest absolute Gasteiger partial charge is 0.133 e. The lowest BCUT2D eigenvalue weighted by Crippen LogP contribution is -2.28.